The number of aromatic amines is 2. The Morgan fingerprint density at radius 3 is 0.838 bits per heavy atom. The second kappa shape index (κ2) is 20.0. The maximum atomic E-state index is 5.93. The van der Waals surface area contributed by atoms with Gasteiger partial charge in [-0.1, -0.05) is 48.5 Å². The lowest BCUT2D eigenvalue weighted by molar-refractivity contribution is 0.404. The van der Waals surface area contributed by atoms with Crippen molar-refractivity contribution >= 4 is 43.6 Å². The van der Waals surface area contributed by atoms with Crippen molar-refractivity contribution in [3.63, 3.8) is 0 Å². The van der Waals surface area contributed by atoms with Crippen LogP contribution < -0.4 is 37.9 Å². The third-order valence-electron chi connectivity index (χ3n) is 15.4. The van der Waals surface area contributed by atoms with E-state index in [1.807, 2.05) is 72.8 Å². The molecule has 0 spiro atoms. The Kier molecular flexibility index (Phi) is 12.3. The predicted octanol–water partition coefficient (Wildman–Crippen LogP) is 16.0. The molecule has 0 fully saturated rings. The number of benzene rings is 8. The molecule has 0 atom stereocenters. The standard InChI is InChI=1S/C68H54N4O8/c1-73-41-13-21-65(77-5)49(29-41)37-9-17-45-53(25-37)61-33-58-46-18-10-38(50-30-42(74-2)14-22-66(50)78-6)26-54(46)63(70-58)35-60-48-20-12-40(52-32-44(76-4)16-24-68(52)80-8)28-56(48)64(72-60)36-59-47-19-11-39(27-55(47)62(71-59)34-57(45)69-61)51-31-43(75-3)15-23-67(51)79-7/h9-36,69,72H,1-8H3. The number of rotatable bonds is 12. The molecule has 394 valence electrons. The second-order valence-corrected chi connectivity index (χ2v) is 19.6. The molecule has 5 heterocycles. The fourth-order valence-corrected chi connectivity index (χ4v) is 11.3. The highest BCUT2D eigenvalue weighted by atomic mass is 16.5. The third-order valence-corrected chi connectivity index (χ3v) is 15.4. The number of aromatic nitrogens is 4. The van der Waals surface area contributed by atoms with Gasteiger partial charge in [0.15, 0.2) is 0 Å². The number of nitrogens with zero attached hydrogens (tertiary/aromatic N) is 2. The lowest BCUT2D eigenvalue weighted by Crippen LogP contribution is -1.91. The van der Waals surface area contributed by atoms with Gasteiger partial charge in [0, 0.05) is 88.1 Å². The van der Waals surface area contributed by atoms with Gasteiger partial charge >= 0.3 is 0 Å². The molecular formula is C68H54N4O8. The number of ether oxygens (including phenoxy) is 8. The van der Waals surface area contributed by atoms with Gasteiger partial charge in [-0.25, -0.2) is 9.97 Å². The molecule has 2 aliphatic heterocycles. The Bertz CT molecular complexity index is 4220. The highest BCUT2D eigenvalue weighted by Gasteiger charge is 2.24. The normalized spacial score (nSPS) is 11.5. The van der Waals surface area contributed by atoms with E-state index in [4.69, 9.17) is 47.9 Å². The second-order valence-electron chi connectivity index (χ2n) is 19.6. The van der Waals surface area contributed by atoms with Crippen molar-refractivity contribution in [1.29, 1.82) is 0 Å². The largest absolute Gasteiger partial charge is 0.497 e. The fraction of sp³-hybridized carbons (Fsp3) is 0.118. The first-order valence-electron chi connectivity index (χ1n) is 26.0. The molecule has 3 aromatic heterocycles. The van der Waals surface area contributed by atoms with Crippen molar-refractivity contribution in [2.45, 2.75) is 0 Å². The van der Waals surface area contributed by atoms with Gasteiger partial charge in [0.1, 0.15) is 46.0 Å². The zero-order chi connectivity index (χ0) is 54.8. The third kappa shape index (κ3) is 8.40. The molecule has 0 aliphatic carbocycles. The summed E-state index contributed by atoms with van der Waals surface area (Å²) in [6, 6.07) is 57.9. The van der Waals surface area contributed by atoms with Crippen LogP contribution >= 0.6 is 0 Å². The molecule has 12 nitrogen and oxygen atoms in total. The van der Waals surface area contributed by atoms with Gasteiger partial charge in [-0.05, 0) is 144 Å². The van der Waals surface area contributed by atoms with E-state index in [0.717, 1.165) is 179 Å². The Morgan fingerprint density at radius 2 is 0.525 bits per heavy atom. The monoisotopic (exact) mass is 1050 g/mol. The average molecular weight is 1060 g/mol. The molecule has 0 radical (unpaired) electrons. The maximum Gasteiger partial charge on any atom is 0.126 e. The maximum absolute atomic E-state index is 5.93. The van der Waals surface area contributed by atoms with Gasteiger partial charge in [-0.15, -0.1) is 0 Å². The number of H-pyrrole nitrogens is 2. The van der Waals surface area contributed by atoms with Crippen molar-refractivity contribution in [3.8, 4) is 136 Å². The minimum Gasteiger partial charge on any atom is -0.497 e. The van der Waals surface area contributed by atoms with Crippen LogP contribution in [0.15, 0.2) is 170 Å². The molecule has 12 heteroatoms. The first-order valence-corrected chi connectivity index (χ1v) is 26.0. The fourth-order valence-electron chi connectivity index (χ4n) is 11.3. The molecule has 80 heavy (non-hydrogen) atoms. The number of methoxy groups -OCH3 is 8. The molecule has 13 rings (SSSR count). The lowest BCUT2D eigenvalue weighted by atomic mass is 9.96. The number of fused-ring (bicyclic) bond motifs is 20. The smallest absolute Gasteiger partial charge is 0.126 e. The summed E-state index contributed by atoms with van der Waals surface area (Å²) in [4.78, 5) is 18.8. The highest BCUT2D eigenvalue weighted by molar-refractivity contribution is 6.12. The van der Waals surface area contributed by atoms with Gasteiger partial charge in [0.05, 0.1) is 79.7 Å². The SMILES string of the molecule is COc1ccc(OC)c(-c2ccc3c(c2)-c2cc4[nH]c(cc5nc(cc6[nH]c(cc-3n2)c2cc(-c3cc(OC)ccc3OC)ccc62)-c2cc(-c3cc(OC)ccc3OC)ccc2-5)c2cc(-c3cc(OC)ccc3OC)ccc42)c1. The van der Waals surface area contributed by atoms with Crippen molar-refractivity contribution in [1.82, 2.24) is 19.9 Å². The summed E-state index contributed by atoms with van der Waals surface area (Å²) in [5, 5.41) is 3.95. The Labute approximate surface area is 461 Å². The summed E-state index contributed by atoms with van der Waals surface area (Å²) in [6.45, 7) is 0. The zero-order valence-corrected chi connectivity index (χ0v) is 45.3. The number of nitrogens with one attached hydrogen (secondary N) is 2. The molecule has 8 aromatic carbocycles. The van der Waals surface area contributed by atoms with Gasteiger partial charge in [-0.2, -0.15) is 0 Å². The van der Waals surface area contributed by atoms with Crippen LogP contribution in [-0.4, -0.2) is 76.8 Å². The van der Waals surface area contributed by atoms with Crippen molar-refractivity contribution in [2.75, 3.05) is 56.9 Å². The van der Waals surface area contributed by atoms with E-state index < -0.39 is 0 Å². The zero-order valence-electron chi connectivity index (χ0n) is 45.3. The van der Waals surface area contributed by atoms with Crippen LogP contribution in [0.1, 0.15) is 0 Å². The minimum atomic E-state index is 0.723. The van der Waals surface area contributed by atoms with Crippen LogP contribution in [0.2, 0.25) is 0 Å². The van der Waals surface area contributed by atoms with Crippen LogP contribution in [0.5, 0.6) is 46.0 Å². The van der Waals surface area contributed by atoms with Gasteiger partial charge in [0.2, 0.25) is 0 Å². The van der Waals surface area contributed by atoms with E-state index in [9.17, 15) is 0 Å². The molecule has 0 saturated carbocycles. The van der Waals surface area contributed by atoms with E-state index in [1.54, 1.807) is 56.9 Å². The van der Waals surface area contributed by atoms with Crippen LogP contribution in [0.3, 0.4) is 0 Å². The summed E-state index contributed by atoms with van der Waals surface area (Å²) in [7, 11) is 13.4. The van der Waals surface area contributed by atoms with E-state index in [2.05, 4.69) is 107 Å². The van der Waals surface area contributed by atoms with Crippen LogP contribution in [0.4, 0.5) is 0 Å². The quantitative estimate of drug-likeness (QED) is 0.122. The summed E-state index contributed by atoms with van der Waals surface area (Å²) in [6.07, 6.45) is 0. The van der Waals surface area contributed by atoms with Gasteiger partial charge in [-0.3, -0.25) is 0 Å². The van der Waals surface area contributed by atoms with Crippen molar-refractivity contribution in [3.05, 3.63) is 170 Å². The minimum absolute atomic E-state index is 0.723. The molecule has 0 amide bonds. The van der Waals surface area contributed by atoms with Crippen LogP contribution in [0, 0.1) is 0 Å². The molecule has 0 saturated heterocycles. The number of hydrogen-bond acceptors (Lipinski definition) is 10. The van der Waals surface area contributed by atoms with Gasteiger partial charge < -0.3 is 47.9 Å². The van der Waals surface area contributed by atoms with E-state index in [1.165, 1.54) is 0 Å². The average Bonchev–Trinajstić information content (AvgIpc) is 4.32. The van der Waals surface area contributed by atoms with E-state index in [-0.39, 0.29) is 0 Å². The van der Waals surface area contributed by atoms with Crippen molar-refractivity contribution < 1.29 is 37.9 Å². The molecular weight excluding hydrogens is 1000 g/mol. The summed E-state index contributed by atoms with van der Waals surface area (Å²) < 4.78 is 46.6. The molecule has 8 bridgehead atoms. The Balaban J connectivity index is 1.14. The molecule has 2 aliphatic rings. The lowest BCUT2D eigenvalue weighted by Gasteiger charge is -2.12. The Morgan fingerprint density at radius 1 is 0.237 bits per heavy atom. The van der Waals surface area contributed by atoms with E-state index in [0.29, 0.717) is 0 Å². The summed E-state index contributed by atoms with van der Waals surface area (Å²) in [5.74, 6) is 5.80. The van der Waals surface area contributed by atoms with Crippen LogP contribution in [0.25, 0.3) is 133 Å². The molecule has 11 aromatic rings. The Hall–Kier alpha value is -10.2. The van der Waals surface area contributed by atoms with Crippen LogP contribution in [-0.2, 0) is 0 Å². The summed E-state index contributed by atoms with van der Waals surface area (Å²) >= 11 is 0. The van der Waals surface area contributed by atoms with Crippen molar-refractivity contribution in [2.24, 2.45) is 0 Å². The van der Waals surface area contributed by atoms with Gasteiger partial charge in [0.25, 0.3) is 0 Å². The summed E-state index contributed by atoms with van der Waals surface area (Å²) in [5.41, 5.74) is 17.8. The first kappa shape index (κ1) is 49.4. The first-order chi connectivity index (χ1) is 39.2. The highest BCUT2D eigenvalue weighted by Crippen LogP contribution is 2.47. The molecule has 0 unspecified atom stereocenters. The molecule has 2 N–H and O–H groups in total. The number of hydrogen-bond donors (Lipinski definition) is 2. The van der Waals surface area contributed by atoms with E-state index >= 15 is 0 Å². The topological polar surface area (TPSA) is 131 Å². The predicted molar refractivity (Wildman–Crippen MR) is 319 cm³/mol.